The van der Waals surface area contributed by atoms with E-state index in [4.69, 9.17) is 12.2 Å². The molecule has 1 rings (SSSR count). The first-order valence-electron chi connectivity index (χ1n) is 5.87. The molecule has 16 heavy (non-hydrogen) atoms. The molecule has 0 spiro atoms. The van der Waals surface area contributed by atoms with Crippen molar-refractivity contribution in [1.29, 1.82) is 0 Å². The second kappa shape index (κ2) is 7.23. The monoisotopic (exact) mass is 236 g/mol. The van der Waals surface area contributed by atoms with Gasteiger partial charge in [0, 0.05) is 6.54 Å². The molecular formula is C13H20N2S. The third-order valence-electron chi connectivity index (χ3n) is 2.45. The van der Waals surface area contributed by atoms with Crippen molar-refractivity contribution >= 4 is 17.3 Å². The van der Waals surface area contributed by atoms with E-state index in [1.165, 1.54) is 5.56 Å². The van der Waals surface area contributed by atoms with E-state index in [1.807, 2.05) is 6.07 Å². The van der Waals surface area contributed by atoms with Crippen molar-refractivity contribution in [2.45, 2.75) is 32.7 Å². The van der Waals surface area contributed by atoms with Crippen LogP contribution in [0.5, 0.6) is 0 Å². The molecular weight excluding hydrogens is 216 g/mol. The van der Waals surface area contributed by atoms with Gasteiger partial charge in [0.25, 0.3) is 0 Å². The fourth-order valence-corrected chi connectivity index (χ4v) is 1.80. The smallest absolute Gasteiger partial charge is 0.166 e. The van der Waals surface area contributed by atoms with Gasteiger partial charge in [-0.05, 0) is 30.6 Å². The van der Waals surface area contributed by atoms with Gasteiger partial charge in [-0.25, -0.2) is 0 Å². The van der Waals surface area contributed by atoms with E-state index in [9.17, 15) is 0 Å². The number of nitrogens with one attached hydrogen (secondary N) is 2. The molecule has 2 nitrogen and oxygen atoms in total. The minimum Gasteiger partial charge on any atom is -0.363 e. The Morgan fingerprint density at radius 3 is 2.50 bits per heavy atom. The summed E-state index contributed by atoms with van der Waals surface area (Å²) in [6, 6.07) is 10.7. The molecule has 0 heterocycles. The van der Waals surface area contributed by atoms with Gasteiger partial charge in [0.05, 0.1) is 6.04 Å². The average molecular weight is 236 g/mol. The zero-order valence-corrected chi connectivity index (χ0v) is 10.8. The third-order valence-corrected chi connectivity index (χ3v) is 2.71. The first kappa shape index (κ1) is 13.0. The topological polar surface area (TPSA) is 24.1 Å². The van der Waals surface area contributed by atoms with Crippen molar-refractivity contribution in [2.24, 2.45) is 0 Å². The van der Waals surface area contributed by atoms with Crippen LogP contribution in [0.4, 0.5) is 0 Å². The highest BCUT2D eigenvalue weighted by molar-refractivity contribution is 7.80. The van der Waals surface area contributed by atoms with Crippen LogP contribution >= 0.6 is 12.2 Å². The number of benzene rings is 1. The van der Waals surface area contributed by atoms with Crippen LogP contribution in [0.1, 0.15) is 38.3 Å². The summed E-state index contributed by atoms with van der Waals surface area (Å²) < 4.78 is 0. The van der Waals surface area contributed by atoms with Crippen LogP contribution < -0.4 is 10.6 Å². The SMILES string of the molecule is CCCNC(=S)NC(CC)c1ccccc1. The van der Waals surface area contributed by atoms with Crippen LogP contribution in [0, 0.1) is 0 Å². The van der Waals surface area contributed by atoms with Gasteiger partial charge in [-0.15, -0.1) is 0 Å². The zero-order chi connectivity index (χ0) is 11.8. The molecule has 0 saturated heterocycles. The van der Waals surface area contributed by atoms with Gasteiger partial charge in [-0.1, -0.05) is 44.2 Å². The van der Waals surface area contributed by atoms with Crippen molar-refractivity contribution < 1.29 is 0 Å². The molecule has 1 unspecified atom stereocenters. The van der Waals surface area contributed by atoms with Gasteiger partial charge in [-0.2, -0.15) is 0 Å². The minimum atomic E-state index is 0.304. The van der Waals surface area contributed by atoms with E-state index in [1.54, 1.807) is 0 Å². The molecule has 1 aromatic rings. The Labute approximate surface area is 103 Å². The van der Waals surface area contributed by atoms with Crippen LogP contribution in [-0.2, 0) is 0 Å². The van der Waals surface area contributed by atoms with E-state index >= 15 is 0 Å². The van der Waals surface area contributed by atoms with E-state index < -0.39 is 0 Å². The molecule has 88 valence electrons. The molecule has 0 amide bonds. The van der Waals surface area contributed by atoms with Crippen LogP contribution in [0.25, 0.3) is 0 Å². The number of hydrogen-bond donors (Lipinski definition) is 2. The molecule has 1 aromatic carbocycles. The Balaban J connectivity index is 2.52. The minimum absolute atomic E-state index is 0.304. The molecule has 0 aliphatic carbocycles. The Morgan fingerprint density at radius 1 is 1.25 bits per heavy atom. The van der Waals surface area contributed by atoms with Gasteiger partial charge in [0.15, 0.2) is 5.11 Å². The predicted molar refractivity (Wildman–Crippen MR) is 73.5 cm³/mol. The van der Waals surface area contributed by atoms with E-state index in [0.717, 1.165) is 24.5 Å². The van der Waals surface area contributed by atoms with Gasteiger partial charge in [0.1, 0.15) is 0 Å². The first-order chi connectivity index (χ1) is 7.77. The lowest BCUT2D eigenvalue weighted by Gasteiger charge is -2.19. The van der Waals surface area contributed by atoms with Crippen molar-refractivity contribution in [3.8, 4) is 0 Å². The normalized spacial score (nSPS) is 11.9. The summed E-state index contributed by atoms with van der Waals surface area (Å²) in [4.78, 5) is 0. The highest BCUT2D eigenvalue weighted by atomic mass is 32.1. The van der Waals surface area contributed by atoms with E-state index in [0.29, 0.717) is 6.04 Å². The van der Waals surface area contributed by atoms with Gasteiger partial charge < -0.3 is 10.6 Å². The van der Waals surface area contributed by atoms with E-state index in [-0.39, 0.29) is 0 Å². The molecule has 2 N–H and O–H groups in total. The molecule has 0 fully saturated rings. The lowest BCUT2D eigenvalue weighted by Crippen LogP contribution is -2.37. The summed E-state index contributed by atoms with van der Waals surface area (Å²) in [6.07, 6.45) is 2.11. The van der Waals surface area contributed by atoms with Crippen LogP contribution in [0.2, 0.25) is 0 Å². The van der Waals surface area contributed by atoms with Crippen LogP contribution in [0.15, 0.2) is 30.3 Å². The number of thiocarbonyl (C=S) groups is 1. The van der Waals surface area contributed by atoms with Crippen molar-refractivity contribution in [3.05, 3.63) is 35.9 Å². The summed E-state index contributed by atoms with van der Waals surface area (Å²) in [5.41, 5.74) is 1.28. The summed E-state index contributed by atoms with van der Waals surface area (Å²) in [6.45, 7) is 5.22. The van der Waals surface area contributed by atoms with Crippen LogP contribution in [0.3, 0.4) is 0 Å². The first-order valence-corrected chi connectivity index (χ1v) is 6.28. The molecule has 3 heteroatoms. The molecule has 0 radical (unpaired) electrons. The molecule has 0 aromatic heterocycles. The lowest BCUT2D eigenvalue weighted by atomic mass is 10.1. The highest BCUT2D eigenvalue weighted by Gasteiger charge is 2.09. The van der Waals surface area contributed by atoms with E-state index in [2.05, 4.69) is 48.7 Å². The Hall–Kier alpha value is -1.09. The molecule has 0 bridgehead atoms. The summed E-state index contributed by atoms with van der Waals surface area (Å²) in [7, 11) is 0. The average Bonchev–Trinajstić information content (AvgIpc) is 2.34. The maximum atomic E-state index is 5.24. The lowest BCUT2D eigenvalue weighted by molar-refractivity contribution is 0.615. The maximum Gasteiger partial charge on any atom is 0.166 e. The second-order valence-corrected chi connectivity index (χ2v) is 4.18. The molecule has 0 aliphatic rings. The summed E-state index contributed by atoms with van der Waals surface area (Å²) in [5.74, 6) is 0. The largest absolute Gasteiger partial charge is 0.363 e. The Morgan fingerprint density at radius 2 is 1.94 bits per heavy atom. The molecule has 0 aliphatic heterocycles. The maximum absolute atomic E-state index is 5.24. The van der Waals surface area contributed by atoms with Gasteiger partial charge in [0.2, 0.25) is 0 Å². The van der Waals surface area contributed by atoms with Crippen LogP contribution in [-0.4, -0.2) is 11.7 Å². The van der Waals surface area contributed by atoms with Gasteiger partial charge in [-0.3, -0.25) is 0 Å². The Kier molecular flexibility index (Phi) is 5.86. The van der Waals surface area contributed by atoms with Crippen molar-refractivity contribution in [1.82, 2.24) is 10.6 Å². The van der Waals surface area contributed by atoms with Crippen molar-refractivity contribution in [2.75, 3.05) is 6.54 Å². The Bertz CT molecular complexity index is 311. The number of hydrogen-bond acceptors (Lipinski definition) is 1. The zero-order valence-electron chi connectivity index (χ0n) is 9.99. The quantitative estimate of drug-likeness (QED) is 0.769. The highest BCUT2D eigenvalue weighted by Crippen LogP contribution is 2.15. The van der Waals surface area contributed by atoms with Crippen molar-refractivity contribution in [3.63, 3.8) is 0 Å². The molecule has 1 atom stereocenters. The number of rotatable bonds is 5. The second-order valence-electron chi connectivity index (χ2n) is 3.77. The summed E-state index contributed by atoms with van der Waals surface area (Å²) in [5, 5.41) is 7.27. The molecule has 0 saturated carbocycles. The summed E-state index contributed by atoms with van der Waals surface area (Å²) >= 11 is 5.24. The standard InChI is InChI=1S/C13H20N2S/c1-3-10-14-13(16)15-12(4-2)11-8-6-5-7-9-11/h5-9,12H,3-4,10H2,1-2H3,(H2,14,15,16). The van der Waals surface area contributed by atoms with Gasteiger partial charge >= 0.3 is 0 Å². The fraction of sp³-hybridized carbons (Fsp3) is 0.462. The fourth-order valence-electron chi connectivity index (χ4n) is 1.55. The predicted octanol–water partition coefficient (Wildman–Crippen LogP) is 3.01. The third kappa shape index (κ3) is 4.19.